The minimum absolute atomic E-state index is 0.244. The summed E-state index contributed by atoms with van der Waals surface area (Å²) in [6.07, 6.45) is -38.6. The zero-order valence-corrected chi connectivity index (χ0v) is 44.8. The highest BCUT2D eigenvalue weighted by molar-refractivity contribution is 7.81. The molecule has 3 aliphatic carbocycles. The Morgan fingerprint density at radius 1 is 0.577 bits per heavy atom. The fourth-order valence-electron chi connectivity index (χ4n) is 12.5. The molecular weight excluding hydrogens is 1190 g/mol. The molecule has 0 radical (unpaired) electrons. The van der Waals surface area contributed by atoms with Crippen LogP contribution in [-0.4, -0.2) is 269 Å². The van der Waals surface area contributed by atoms with Crippen LogP contribution < -0.4 is 0 Å². The van der Waals surface area contributed by atoms with E-state index < -0.39 is 222 Å². The maximum atomic E-state index is 13.7. The van der Waals surface area contributed by atoms with Crippen LogP contribution in [0.1, 0.15) is 13.3 Å². The first-order valence-corrected chi connectivity index (χ1v) is 29.0. The smallest absolute Gasteiger partial charge is 0.397 e. The second kappa shape index (κ2) is 22.1. The molecule has 1 spiro atoms. The van der Waals surface area contributed by atoms with Crippen molar-refractivity contribution in [1.29, 1.82) is 0 Å². The summed E-state index contributed by atoms with van der Waals surface area (Å²) in [5.41, 5.74) is -9.10. The topological polar surface area (TPSA) is 544 Å². The second-order valence-electron chi connectivity index (χ2n) is 18.4. The highest BCUT2D eigenvalue weighted by Gasteiger charge is 2.96. The van der Waals surface area contributed by atoms with E-state index in [1.54, 1.807) is 0 Å². The van der Waals surface area contributed by atoms with Crippen molar-refractivity contribution in [3.63, 3.8) is 0 Å². The van der Waals surface area contributed by atoms with E-state index in [0.29, 0.717) is 0 Å². The fraction of sp³-hybridized carbons (Fsp3) is 0.943. The molecule has 7 fully saturated rings. The highest BCUT2D eigenvalue weighted by Crippen LogP contribution is 2.80. The lowest BCUT2D eigenvalue weighted by Gasteiger charge is -2.83. The van der Waals surface area contributed by atoms with E-state index in [0.717, 1.165) is 35.5 Å². The summed E-state index contributed by atoms with van der Waals surface area (Å²) in [5, 5.41) is 44.6. The van der Waals surface area contributed by atoms with Crippen molar-refractivity contribution in [2.24, 2.45) is 22.2 Å². The van der Waals surface area contributed by atoms with Gasteiger partial charge in [0.2, 0.25) is 5.60 Å². The molecule has 43 heteroatoms. The maximum absolute atomic E-state index is 13.7. The van der Waals surface area contributed by atoms with Gasteiger partial charge in [-0.1, -0.05) is 6.92 Å². The summed E-state index contributed by atoms with van der Waals surface area (Å²) in [5.74, 6) is -5.54. The van der Waals surface area contributed by atoms with E-state index in [4.69, 9.17) is 65.2 Å². The molecule has 23 atom stereocenters. The van der Waals surface area contributed by atoms with Gasteiger partial charge in [-0.3, -0.25) is 27.6 Å². The number of aliphatic hydroxyl groups excluding tert-OH is 2. The zero-order chi connectivity index (χ0) is 58.5. The first-order chi connectivity index (χ1) is 35.9. The molecule has 4 saturated heterocycles. The van der Waals surface area contributed by atoms with E-state index >= 15 is 0 Å². The molecule has 0 aromatic heterocycles. The highest BCUT2D eigenvalue weighted by atomic mass is 32.3. The largest absolute Gasteiger partial charge is 0.481 e. The summed E-state index contributed by atoms with van der Waals surface area (Å²) >= 11 is 0. The number of ether oxygens (including phenoxy) is 12. The Morgan fingerprint density at radius 2 is 1.08 bits per heavy atom. The van der Waals surface area contributed by atoms with E-state index in [-0.39, 0.29) is 6.42 Å². The number of carbonyl (C=O) groups is 2. The number of fused-ring (bicyclic) bond motifs is 1. The van der Waals surface area contributed by atoms with Crippen LogP contribution in [0, 0.1) is 22.2 Å². The molecule has 0 aromatic rings. The van der Waals surface area contributed by atoms with Crippen LogP contribution in [0.3, 0.4) is 0 Å². The first-order valence-electron chi connectivity index (χ1n) is 22.2. The molecule has 22 unspecified atom stereocenters. The number of aliphatic carboxylic acids is 2. The maximum Gasteiger partial charge on any atom is 0.397 e. The second-order valence-corrected chi connectivity index (χ2v) is 23.7. The Hall–Kier alpha value is -2.27. The molecular formula is C35H54O38S5. The van der Waals surface area contributed by atoms with Gasteiger partial charge in [-0.05, 0) is 6.42 Å². The lowest BCUT2D eigenvalue weighted by atomic mass is 9.27. The molecule has 7 aliphatic rings. The van der Waals surface area contributed by atoms with Crippen molar-refractivity contribution >= 4 is 63.9 Å². The number of methoxy groups -OCH3 is 5. The average molecular weight is 1240 g/mol. The monoisotopic (exact) mass is 1240 g/mol. The van der Waals surface area contributed by atoms with E-state index in [2.05, 4.69) is 12.5 Å². The lowest BCUT2D eigenvalue weighted by molar-refractivity contribution is -0.514. The summed E-state index contributed by atoms with van der Waals surface area (Å²) in [4.78, 5) is 26.7. The summed E-state index contributed by atoms with van der Waals surface area (Å²) in [6, 6.07) is 0. The van der Waals surface area contributed by atoms with E-state index in [1.807, 2.05) is 0 Å². The predicted octanol–water partition coefficient (Wildman–Crippen LogP) is -6.13. The molecule has 38 nitrogen and oxygen atoms in total. The quantitative estimate of drug-likeness (QED) is 0.0273. The molecule has 78 heavy (non-hydrogen) atoms. The van der Waals surface area contributed by atoms with E-state index in [1.165, 1.54) is 6.92 Å². The van der Waals surface area contributed by atoms with Gasteiger partial charge in [-0.25, -0.2) is 25.7 Å². The lowest BCUT2D eigenvalue weighted by Crippen LogP contribution is -2.98. The molecule has 7 rings (SSSR count). The van der Waals surface area contributed by atoms with Gasteiger partial charge in [0.25, 0.3) is 0 Å². The van der Waals surface area contributed by atoms with Crippen molar-refractivity contribution in [1.82, 2.24) is 0 Å². The van der Waals surface area contributed by atoms with Crippen molar-refractivity contribution in [2.45, 2.75) is 130 Å². The molecule has 9 N–H and O–H groups in total. The first kappa shape index (κ1) is 63.3. The number of rotatable bonds is 27. The molecule has 452 valence electrons. The van der Waals surface area contributed by atoms with Crippen molar-refractivity contribution in [3.8, 4) is 0 Å². The summed E-state index contributed by atoms with van der Waals surface area (Å²) in [6.45, 7) is -2.03. The minimum Gasteiger partial charge on any atom is -0.481 e. The third-order valence-electron chi connectivity index (χ3n) is 15.2. The fourth-order valence-corrected chi connectivity index (χ4v) is 14.6. The van der Waals surface area contributed by atoms with Crippen LogP contribution in [0.5, 0.6) is 0 Å². The van der Waals surface area contributed by atoms with Crippen molar-refractivity contribution < 1.29 is 173 Å². The molecule has 0 aromatic carbocycles. The number of hydrogen-bond donors (Lipinski definition) is 9. The van der Waals surface area contributed by atoms with Crippen molar-refractivity contribution in [2.75, 3.05) is 55.4 Å². The molecule has 3 saturated carbocycles. The van der Waals surface area contributed by atoms with Crippen LogP contribution in [0.2, 0.25) is 0 Å². The van der Waals surface area contributed by atoms with Gasteiger partial charge in [0, 0.05) is 35.5 Å². The zero-order valence-electron chi connectivity index (χ0n) is 40.7. The van der Waals surface area contributed by atoms with Gasteiger partial charge in [-0.2, -0.15) is 42.1 Å². The average Bonchev–Trinajstić information content (AvgIpc) is 3.54. The van der Waals surface area contributed by atoms with Gasteiger partial charge in [0.15, 0.2) is 37.4 Å². The predicted molar refractivity (Wildman–Crippen MR) is 232 cm³/mol. The Labute approximate surface area is 442 Å². The number of carboxylic acids is 2. The molecule has 0 amide bonds. The van der Waals surface area contributed by atoms with Gasteiger partial charge < -0.3 is 77.3 Å². The Kier molecular flexibility index (Phi) is 17.9. The SMILES string of the molecule is CCC12C(OC)C(OC3C(COS(=O)(=O)O)OC(OC4C(OC)C5(C(=O)O)[C@H](C(O)OC6C(COS(=O)(=O)O)OC(OC)C(OS(=O)(=O)O)C6OC)C6OCC465)C(OS(=O)(=O)O)C3OS(=O)(=O)O)OC1(C(=O)O)C(O)C2OC. The molecule has 4 heterocycles. The van der Waals surface area contributed by atoms with Crippen LogP contribution in [-0.2, 0) is 139 Å². The van der Waals surface area contributed by atoms with Crippen molar-refractivity contribution in [3.05, 3.63) is 0 Å². The van der Waals surface area contributed by atoms with Crippen LogP contribution in [0.4, 0.5) is 0 Å². The van der Waals surface area contributed by atoms with Crippen LogP contribution in [0.15, 0.2) is 0 Å². The van der Waals surface area contributed by atoms with Crippen LogP contribution >= 0.6 is 0 Å². The van der Waals surface area contributed by atoms with Gasteiger partial charge in [0.05, 0.1) is 54.9 Å². The normalized spacial score (nSPS) is 43.9. The standard InChI is InChI=1S/C35H54O38S5/c1-7-32-22(58-3)20(36)35(32,31(40)41)70-29(25(32)60-5)68-15-12(9-64-75(45,46)47)66-28(19(73-78(54,55)56)17(15)71-76(48,49)50)69-23-24(59-4)34(30(38)39)13(21-33(23,34)10-62-21)26(37)67-14-11(8-63-74(42,43)44)65-27(61-6)18(16(14)57-2)72-77(51,52)53/h11-29,36-37H,7-10H2,1-6H3,(H,38,39)(H,40,41)(H,42,43,44)(H,45,46,47)(H,48,49,50)(H,51,52,53)(H,54,55,56)/t11?,12?,13-,14?,15?,16?,17?,18?,19?,20?,21?,22?,23?,24?,25?,26?,27?,28?,29?,32?,33?,34?,35?/m0/s1. The van der Waals surface area contributed by atoms with Gasteiger partial charge >= 0.3 is 63.9 Å². The van der Waals surface area contributed by atoms with Gasteiger partial charge in [0.1, 0.15) is 60.4 Å². The van der Waals surface area contributed by atoms with Crippen LogP contribution in [0.25, 0.3) is 0 Å². The summed E-state index contributed by atoms with van der Waals surface area (Å²) in [7, 11) is -23.4. The third-order valence-corrected chi connectivity index (χ3v) is 17.4. The Bertz CT molecular complexity index is 2820. The number of carboxylic acid groups (broad SMARTS) is 2. The van der Waals surface area contributed by atoms with Gasteiger partial charge in [-0.15, -0.1) is 0 Å². The number of hydrogen-bond acceptors (Lipinski definition) is 31. The third kappa shape index (κ3) is 10.5. The van der Waals surface area contributed by atoms with E-state index in [9.17, 15) is 94.9 Å². The number of aliphatic hydroxyl groups is 2. The Balaban J connectivity index is 1.27. The Morgan fingerprint density at radius 3 is 1.50 bits per heavy atom. The minimum atomic E-state index is -5.97. The molecule has 0 bridgehead atoms. The molecule has 4 aliphatic heterocycles. The summed E-state index contributed by atoms with van der Waals surface area (Å²) < 4.78 is 261.